The van der Waals surface area contributed by atoms with Gasteiger partial charge in [-0.2, -0.15) is 28.0 Å². The molecule has 9 heteroatoms. The van der Waals surface area contributed by atoms with Crippen molar-refractivity contribution >= 4 is 18.4 Å². The summed E-state index contributed by atoms with van der Waals surface area (Å²) >= 11 is 5.13. The van der Waals surface area contributed by atoms with Gasteiger partial charge in [-0.1, -0.05) is 18.2 Å². The molecule has 0 amide bonds. The van der Waals surface area contributed by atoms with Gasteiger partial charge in [-0.05, 0) is 42.5 Å². The largest absolute Gasteiger partial charge is 0.497 e. The first-order chi connectivity index (χ1) is 12.4. The van der Waals surface area contributed by atoms with Crippen molar-refractivity contribution in [1.29, 1.82) is 0 Å². The van der Waals surface area contributed by atoms with Gasteiger partial charge in [-0.25, -0.2) is 5.10 Å². The number of halogens is 3. The van der Waals surface area contributed by atoms with Gasteiger partial charge in [0.1, 0.15) is 5.75 Å². The first-order valence-electron chi connectivity index (χ1n) is 7.42. The van der Waals surface area contributed by atoms with Crippen LogP contribution in [0.4, 0.5) is 13.2 Å². The van der Waals surface area contributed by atoms with Crippen LogP contribution >= 0.6 is 12.2 Å². The van der Waals surface area contributed by atoms with Crippen LogP contribution in [0.1, 0.15) is 11.1 Å². The van der Waals surface area contributed by atoms with Gasteiger partial charge >= 0.3 is 6.18 Å². The summed E-state index contributed by atoms with van der Waals surface area (Å²) in [5.74, 6) is 1.04. The summed E-state index contributed by atoms with van der Waals surface area (Å²) in [6, 6.07) is 12.1. The number of H-pyrrole nitrogens is 1. The van der Waals surface area contributed by atoms with E-state index in [2.05, 4.69) is 15.3 Å². The highest BCUT2D eigenvalue weighted by molar-refractivity contribution is 7.71. The predicted octanol–water partition coefficient (Wildman–Crippen LogP) is 4.52. The number of nitrogens with one attached hydrogen (secondary N) is 1. The van der Waals surface area contributed by atoms with E-state index in [0.29, 0.717) is 17.1 Å². The summed E-state index contributed by atoms with van der Waals surface area (Å²) in [4.78, 5) is 0. The third kappa shape index (κ3) is 3.67. The minimum absolute atomic E-state index is 0.0659. The van der Waals surface area contributed by atoms with Gasteiger partial charge in [0.05, 0.1) is 18.9 Å². The van der Waals surface area contributed by atoms with Gasteiger partial charge in [0, 0.05) is 11.1 Å². The number of hydrogen-bond donors (Lipinski definition) is 1. The molecule has 0 spiro atoms. The third-order valence-electron chi connectivity index (χ3n) is 3.58. The van der Waals surface area contributed by atoms with Crippen LogP contribution < -0.4 is 4.74 Å². The number of aromatic amines is 1. The fourth-order valence-corrected chi connectivity index (χ4v) is 2.49. The van der Waals surface area contributed by atoms with Crippen LogP contribution in [-0.4, -0.2) is 28.2 Å². The quantitative estimate of drug-likeness (QED) is 0.537. The fourth-order valence-electron chi connectivity index (χ4n) is 2.31. The van der Waals surface area contributed by atoms with E-state index in [1.807, 2.05) is 0 Å². The maximum absolute atomic E-state index is 13.1. The van der Waals surface area contributed by atoms with E-state index in [-0.39, 0.29) is 10.3 Å². The normalized spacial score (nSPS) is 11.8. The molecule has 0 aliphatic heterocycles. The lowest BCUT2D eigenvalue weighted by Gasteiger charge is -2.09. The molecule has 0 saturated heterocycles. The molecule has 3 rings (SSSR count). The van der Waals surface area contributed by atoms with Crippen LogP contribution in [-0.2, 0) is 6.18 Å². The number of ether oxygens (including phenoxy) is 1. The van der Waals surface area contributed by atoms with Crippen LogP contribution in [0.5, 0.6) is 5.75 Å². The van der Waals surface area contributed by atoms with E-state index in [4.69, 9.17) is 17.0 Å². The molecular weight excluding hydrogens is 365 g/mol. The Bertz CT molecular complexity index is 990. The van der Waals surface area contributed by atoms with Crippen LogP contribution in [0.2, 0.25) is 0 Å². The highest BCUT2D eigenvalue weighted by Crippen LogP contribution is 2.31. The standard InChI is InChI=1S/C17H13F3N4OS/c1-25-13-8-6-11(7-9-13)15-22-23-16(26)24(15)21-10-12-4-2-3-5-14(12)17(18,19)20/h2-10H,1H3,(H,23,26)/b21-10+. The molecule has 1 N–H and O–H groups in total. The van der Waals surface area contributed by atoms with E-state index in [9.17, 15) is 13.2 Å². The lowest BCUT2D eigenvalue weighted by molar-refractivity contribution is -0.137. The van der Waals surface area contributed by atoms with Gasteiger partial charge in [0.25, 0.3) is 0 Å². The van der Waals surface area contributed by atoms with Crippen molar-refractivity contribution in [3.63, 3.8) is 0 Å². The second-order valence-electron chi connectivity index (χ2n) is 5.22. The summed E-state index contributed by atoms with van der Waals surface area (Å²) in [6.07, 6.45) is -3.36. The van der Waals surface area contributed by atoms with Crippen molar-refractivity contribution in [2.24, 2.45) is 5.10 Å². The van der Waals surface area contributed by atoms with Crippen molar-refractivity contribution in [2.75, 3.05) is 7.11 Å². The zero-order valence-corrected chi connectivity index (χ0v) is 14.3. The first-order valence-corrected chi connectivity index (χ1v) is 7.83. The zero-order chi connectivity index (χ0) is 18.7. The molecule has 5 nitrogen and oxygen atoms in total. The third-order valence-corrected chi connectivity index (χ3v) is 3.84. The summed E-state index contributed by atoms with van der Waals surface area (Å²) in [6.45, 7) is 0. The minimum atomic E-state index is -4.47. The van der Waals surface area contributed by atoms with E-state index in [1.54, 1.807) is 31.4 Å². The Morgan fingerprint density at radius 2 is 1.85 bits per heavy atom. The van der Waals surface area contributed by atoms with Crippen LogP contribution in [0, 0.1) is 4.77 Å². The first kappa shape index (κ1) is 17.9. The molecule has 0 radical (unpaired) electrons. The van der Waals surface area contributed by atoms with E-state index >= 15 is 0 Å². The summed E-state index contributed by atoms with van der Waals surface area (Å²) in [5.41, 5.74) is -0.159. The smallest absolute Gasteiger partial charge is 0.417 e. The maximum Gasteiger partial charge on any atom is 0.417 e. The molecule has 0 unspecified atom stereocenters. The maximum atomic E-state index is 13.1. The number of methoxy groups -OCH3 is 1. The van der Waals surface area contributed by atoms with Crippen molar-refractivity contribution in [2.45, 2.75) is 6.18 Å². The second-order valence-corrected chi connectivity index (χ2v) is 5.61. The SMILES string of the molecule is COc1ccc(-c2n[nH]c(=S)n2/N=C/c2ccccc2C(F)(F)F)cc1. The molecule has 26 heavy (non-hydrogen) atoms. The zero-order valence-electron chi connectivity index (χ0n) is 13.5. The second kappa shape index (κ2) is 7.12. The lowest BCUT2D eigenvalue weighted by atomic mass is 10.1. The molecule has 0 fully saturated rings. The topological polar surface area (TPSA) is 55.2 Å². The minimum Gasteiger partial charge on any atom is -0.497 e. The van der Waals surface area contributed by atoms with Crippen molar-refractivity contribution in [3.05, 3.63) is 64.4 Å². The number of hydrogen-bond acceptors (Lipinski definition) is 4. The molecule has 2 aromatic carbocycles. The molecule has 1 aromatic heterocycles. The Morgan fingerprint density at radius 3 is 2.50 bits per heavy atom. The number of aromatic nitrogens is 3. The Hall–Kier alpha value is -2.94. The average molecular weight is 378 g/mol. The van der Waals surface area contributed by atoms with Gasteiger partial charge in [-0.3, -0.25) is 0 Å². The van der Waals surface area contributed by atoms with E-state index < -0.39 is 11.7 Å². The molecule has 1 heterocycles. The lowest BCUT2D eigenvalue weighted by Crippen LogP contribution is -2.09. The summed E-state index contributed by atoms with van der Waals surface area (Å²) in [5, 5.41) is 10.8. The van der Waals surface area contributed by atoms with Crippen LogP contribution in [0.3, 0.4) is 0 Å². The van der Waals surface area contributed by atoms with Crippen LogP contribution in [0.15, 0.2) is 53.6 Å². The van der Waals surface area contributed by atoms with Gasteiger partial charge < -0.3 is 4.74 Å². The number of alkyl halides is 3. The summed E-state index contributed by atoms with van der Waals surface area (Å²) in [7, 11) is 1.55. The fraction of sp³-hybridized carbons (Fsp3) is 0.118. The summed E-state index contributed by atoms with van der Waals surface area (Å²) < 4.78 is 45.8. The number of nitrogens with zero attached hydrogens (tertiary/aromatic N) is 3. The molecular formula is C17H13F3N4OS. The van der Waals surface area contributed by atoms with Crippen molar-refractivity contribution < 1.29 is 17.9 Å². The molecule has 0 aliphatic rings. The molecule has 0 aliphatic carbocycles. The predicted molar refractivity (Wildman–Crippen MR) is 93.8 cm³/mol. The highest BCUT2D eigenvalue weighted by Gasteiger charge is 2.32. The number of benzene rings is 2. The van der Waals surface area contributed by atoms with Gasteiger partial charge in [0.15, 0.2) is 5.82 Å². The average Bonchev–Trinajstić information content (AvgIpc) is 3.00. The molecule has 0 bridgehead atoms. The molecule has 0 saturated carbocycles. The molecule has 134 valence electrons. The molecule has 3 aromatic rings. The van der Waals surface area contributed by atoms with Crippen molar-refractivity contribution in [1.82, 2.24) is 14.9 Å². The Balaban J connectivity index is 2.00. The van der Waals surface area contributed by atoms with E-state index in [1.165, 1.54) is 22.9 Å². The Morgan fingerprint density at radius 1 is 1.15 bits per heavy atom. The number of rotatable bonds is 4. The van der Waals surface area contributed by atoms with Crippen LogP contribution in [0.25, 0.3) is 11.4 Å². The Labute approximate surface area is 151 Å². The van der Waals surface area contributed by atoms with E-state index in [0.717, 1.165) is 12.3 Å². The van der Waals surface area contributed by atoms with Crippen molar-refractivity contribution in [3.8, 4) is 17.1 Å². The highest BCUT2D eigenvalue weighted by atomic mass is 32.1. The van der Waals surface area contributed by atoms with Gasteiger partial charge in [0.2, 0.25) is 4.77 Å². The monoisotopic (exact) mass is 378 g/mol. The Kier molecular flexibility index (Phi) is 4.90. The van der Waals surface area contributed by atoms with Gasteiger partial charge in [-0.15, -0.1) is 0 Å². The molecule has 0 atom stereocenters.